The van der Waals surface area contributed by atoms with Gasteiger partial charge in [0.05, 0.1) is 0 Å². The Balaban J connectivity index is 2.85. The molecule has 0 fully saturated rings. The summed E-state index contributed by atoms with van der Waals surface area (Å²) in [5, 5.41) is 5.69. The van der Waals surface area contributed by atoms with Crippen LogP contribution in [0.3, 0.4) is 0 Å². The maximum atomic E-state index is 10.8. The molecule has 0 saturated carbocycles. The molecule has 0 saturated heterocycles. The third-order valence-electron chi connectivity index (χ3n) is 0.117. The van der Waals surface area contributed by atoms with E-state index in [1.165, 1.54) is 0 Å². The minimum Gasteiger partial charge on any atom is -0.291 e. The molecule has 1 N–H and O–H groups in total. The van der Waals surface area contributed by atoms with E-state index in [4.69, 9.17) is 5.41 Å². The SMILES string of the molecule is N=C(Cl)CF. The van der Waals surface area contributed by atoms with E-state index in [1.807, 2.05) is 0 Å². The van der Waals surface area contributed by atoms with Gasteiger partial charge in [0.1, 0.15) is 11.8 Å². The number of hydrogen-bond acceptors (Lipinski definition) is 1. The van der Waals surface area contributed by atoms with Gasteiger partial charge in [-0.05, 0) is 0 Å². The molecule has 0 amide bonds. The van der Waals surface area contributed by atoms with Gasteiger partial charge in [0.25, 0.3) is 0 Å². The van der Waals surface area contributed by atoms with Crippen molar-refractivity contribution in [3.05, 3.63) is 0 Å². The molecule has 30 valence electrons. The molecule has 0 atom stereocenters. The second kappa shape index (κ2) is 2.15. The van der Waals surface area contributed by atoms with E-state index in [0.717, 1.165) is 0 Å². The number of nitrogens with one attached hydrogen (secondary N) is 1. The van der Waals surface area contributed by atoms with E-state index in [9.17, 15) is 4.39 Å². The van der Waals surface area contributed by atoms with E-state index in [-0.39, 0.29) is 0 Å². The van der Waals surface area contributed by atoms with Crippen molar-refractivity contribution in [2.24, 2.45) is 0 Å². The highest BCUT2D eigenvalue weighted by Crippen LogP contribution is 1.77. The average molecular weight is 95.5 g/mol. The summed E-state index contributed by atoms with van der Waals surface area (Å²) < 4.78 is 10.8. The summed E-state index contributed by atoms with van der Waals surface area (Å²) >= 11 is 4.67. The molecular formula is C2H3ClFN. The molecule has 0 aromatic carbocycles. The van der Waals surface area contributed by atoms with Crippen LogP contribution in [0, 0.1) is 5.41 Å². The molecule has 0 heterocycles. The van der Waals surface area contributed by atoms with E-state index < -0.39 is 11.8 Å². The predicted octanol–water partition coefficient (Wildman–Crippen LogP) is 1.17. The van der Waals surface area contributed by atoms with Crippen molar-refractivity contribution in [2.45, 2.75) is 0 Å². The standard InChI is InChI=1S/C2H3ClFN/c3-2(5)1-4/h5H,1H2. The number of alkyl halides is 1. The predicted molar refractivity (Wildman–Crippen MR) is 19.6 cm³/mol. The summed E-state index contributed by atoms with van der Waals surface area (Å²) in [6.45, 7) is -0.846. The lowest BCUT2D eigenvalue weighted by atomic mass is 10.8. The molecule has 0 aromatic rings. The van der Waals surface area contributed by atoms with Crippen molar-refractivity contribution in [3.63, 3.8) is 0 Å². The van der Waals surface area contributed by atoms with Gasteiger partial charge >= 0.3 is 0 Å². The molecule has 0 aliphatic rings. The summed E-state index contributed by atoms with van der Waals surface area (Å²) in [5.41, 5.74) is 0. The molecule has 0 unspecified atom stereocenters. The van der Waals surface area contributed by atoms with Crippen LogP contribution in [-0.4, -0.2) is 11.8 Å². The summed E-state index contributed by atoms with van der Waals surface area (Å²) in [7, 11) is 0. The first-order chi connectivity index (χ1) is 2.27. The molecule has 3 heteroatoms. The molecule has 5 heavy (non-hydrogen) atoms. The first kappa shape index (κ1) is 4.89. The molecule has 0 rings (SSSR count). The Morgan fingerprint density at radius 2 is 2.20 bits per heavy atom. The highest BCUT2D eigenvalue weighted by atomic mass is 35.5. The largest absolute Gasteiger partial charge is 0.291 e. The van der Waals surface area contributed by atoms with Gasteiger partial charge in [0.2, 0.25) is 0 Å². The van der Waals surface area contributed by atoms with Gasteiger partial charge in [-0.1, -0.05) is 11.6 Å². The molecule has 0 aromatic heterocycles. The molecule has 0 spiro atoms. The third-order valence-corrected chi connectivity index (χ3v) is 0.218. The van der Waals surface area contributed by atoms with Crippen LogP contribution in [0.15, 0.2) is 0 Å². The van der Waals surface area contributed by atoms with Crippen molar-refractivity contribution < 1.29 is 4.39 Å². The fourth-order valence-electron chi connectivity index (χ4n) is 0. The Labute approximate surface area is 34.3 Å². The fraction of sp³-hybridized carbons (Fsp3) is 0.500. The van der Waals surface area contributed by atoms with Crippen LogP contribution in [0.2, 0.25) is 0 Å². The molecule has 0 bridgehead atoms. The lowest BCUT2D eigenvalue weighted by Gasteiger charge is -1.70. The number of rotatable bonds is 1. The highest BCUT2D eigenvalue weighted by Gasteiger charge is 1.78. The number of halogens is 2. The van der Waals surface area contributed by atoms with E-state index in [0.29, 0.717) is 0 Å². The maximum Gasteiger partial charge on any atom is 0.142 e. The minimum absolute atomic E-state index is 0.440. The Hall–Kier alpha value is -0.110. The van der Waals surface area contributed by atoms with Crippen LogP contribution in [0.5, 0.6) is 0 Å². The van der Waals surface area contributed by atoms with Gasteiger partial charge in [-0.3, -0.25) is 5.41 Å². The van der Waals surface area contributed by atoms with Gasteiger partial charge in [0, 0.05) is 0 Å². The van der Waals surface area contributed by atoms with Crippen molar-refractivity contribution in [1.29, 1.82) is 5.41 Å². The Kier molecular flexibility index (Phi) is 2.10. The molecular weight excluding hydrogens is 92.5 g/mol. The first-order valence-corrected chi connectivity index (χ1v) is 1.44. The normalized spacial score (nSPS) is 7.60. The molecule has 0 aliphatic carbocycles. The topological polar surface area (TPSA) is 23.9 Å². The second-order valence-corrected chi connectivity index (χ2v) is 0.995. The van der Waals surface area contributed by atoms with Crippen molar-refractivity contribution in [3.8, 4) is 0 Å². The molecule has 0 aliphatic heterocycles. The van der Waals surface area contributed by atoms with E-state index >= 15 is 0 Å². The van der Waals surface area contributed by atoms with Crippen LogP contribution < -0.4 is 0 Å². The van der Waals surface area contributed by atoms with Crippen LogP contribution in [0.25, 0.3) is 0 Å². The zero-order valence-corrected chi connectivity index (χ0v) is 3.22. The van der Waals surface area contributed by atoms with E-state index in [2.05, 4.69) is 11.6 Å². The summed E-state index contributed by atoms with van der Waals surface area (Å²) in [5.74, 6) is 0. The summed E-state index contributed by atoms with van der Waals surface area (Å²) in [6.07, 6.45) is 0. The summed E-state index contributed by atoms with van der Waals surface area (Å²) in [6, 6.07) is 0. The second-order valence-electron chi connectivity index (χ2n) is 0.539. The van der Waals surface area contributed by atoms with Gasteiger partial charge < -0.3 is 0 Å². The Morgan fingerprint density at radius 3 is 2.20 bits per heavy atom. The van der Waals surface area contributed by atoms with Gasteiger partial charge in [-0.2, -0.15) is 0 Å². The third kappa shape index (κ3) is 3.89. The van der Waals surface area contributed by atoms with Crippen LogP contribution in [-0.2, 0) is 0 Å². The highest BCUT2D eigenvalue weighted by molar-refractivity contribution is 6.64. The van der Waals surface area contributed by atoms with Crippen molar-refractivity contribution >= 4 is 16.8 Å². The maximum absolute atomic E-state index is 10.8. The Morgan fingerprint density at radius 1 is 2.00 bits per heavy atom. The fourth-order valence-corrected chi connectivity index (χ4v) is 0. The van der Waals surface area contributed by atoms with Crippen molar-refractivity contribution in [1.82, 2.24) is 0 Å². The molecule has 0 radical (unpaired) electrons. The Bertz CT molecular complexity index is 44.9. The average Bonchev–Trinajstić information content (AvgIpc) is 1.38. The van der Waals surface area contributed by atoms with Gasteiger partial charge in [-0.15, -0.1) is 0 Å². The van der Waals surface area contributed by atoms with Crippen LogP contribution >= 0.6 is 11.6 Å². The zero-order chi connectivity index (χ0) is 4.28. The smallest absolute Gasteiger partial charge is 0.142 e. The monoisotopic (exact) mass is 95.0 g/mol. The van der Waals surface area contributed by atoms with Gasteiger partial charge in [-0.25, -0.2) is 4.39 Å². The van der Waals surface area contributed by atoms with Crippen LogP contribution in [0.4, 0.5) is 4.39 Å². The minimum atomic E-state index is -0.846. The van der Waals surface area contributed by atoms with Crippen LogP contribution in [0.1, 0.15) is 0 Å². The number of hydrogen-bond donors (Lipinski definition) is 1. The van der Waals surface area contributed by atoms with Crippen molar-refractivity contribution in [2.75, 3.05) is 6.67 Å². The summed E-state index contributed by atoms with van der Waals surface area (Å²) in [4.78, 5) is 0. The lowest BCUT2D eigenvalue weighted by Crippen LogP contribution is -1.81. The first-order valence-electron chi connectivity index (χ1n) is 1.06. The lowest BCUT2D eigenvalue weighted by molar-refractivity contribution is 0.584. The van der Waals surface area contributed by atoms with Gasteiger partial charge in [0.15, 0.2) is 0 Å². The van der Waals surface area contributed by atoms with E-state index in [1.54, 1.807) is 0 Å². The quantitative estimate of drug-likeness (QED) is 0.473. The molecule has 1 nitrogen and oxygen atoms in total. The zero-order valence-electron chi connectivity index (χ0n) is 2.46.